The van der Waals surface area contributed by atoms with Gasteiger partial charge in [-0.05, 0) is 30.9 Å². The van der Waals surface area contributed by atoms with Gasteiger partial charge in [0.2, 0.25) is 0 Å². The quantitative estimate of drug-likeness (QED) is 0.885. The Morgan fingerprint density at radius 3 is 2.85 bits per heavy atom. The first kappa shape index (κ1) is 16.0. The van der Waals surface area contributed by atoms with Crippen molar-refractivity contribution in [1.29, 1.82) is 0 Å². The van der Waals surface area contributed by atoms with Gasteiger partial charge >= 0.3 is 0 Å². The first-order valence-electron chi connectivity index (χ1n) is 9.36. The Hall–Kier alpha value is -2.18. The molecule has 2 saturated heterocycles. The number of aromatic amines is 1. The highest BCUT2D eigenvalue weighted by molar-refractivity contribution is 5.92. The van der Waals surface area contributed by atoms with Gasteiger partial charge in [-0.1, -0.05) is 30.3 Å². The molecule has 2 aliphatic heterocycles. The smallest absolute Gasteiger partial charge is 0.274 e. The van der Waals surface area contributed by atoms with Crippen molar-refractivity contribution in [3.63, 3.8) is 0 Å². The maximum atomic E-state index is 12.8. The van der Waals surface area contributed by atoms with Crippen molar-refractivity contribution < 1.29 is 14.6 Å². The molecule has 1 amide bonds. The molecule has 26 heavy (non-hydrogen) atoms. The molecule has 136 valence electrons. The summed E-state index contributed by atoms with van der Waals surface area (Å²) >= 11 is 0. The fraction of sp³-hybridized carbons (Fsp3) is 0.500. The number of H-pyrrole nitrogens is 1. The van der Waals surface area contributed by atoms with Crippen molar-refractivity contribution in [1.82, 2.24) is 15.1 Å². The number of amides is 1. The highest BCUT2D eigenvalue weighted by atomic mass is 16.5. The van der Waals surface area contributed by atoms with Gasteiger partial charge in [0.1, 0.15) is 17.4 Å². The summed E-state index contributed by atoms with van der Waals surface area (Å²) in [6, 6.07) is 12.1. The van der Waals surface area contributed by atoms with Crippen LogP contribution in [0.2, 0.25) is 0 Å². The molecule has 1 aliphatic carbocycles. The van der Waals surface area contributed by atoms with E-state index in [2.05, 4.69) is 22.3 Å². The Balaban J connectivity index is 1.31. The average Bonchev–Trinajstić information content (AvgIpc) is 3.12. The van der Waals surface area contributed by atoms with Gasteiger partial charge in [-0.25, -0.2) is 0 Å². The number of aliphatic hydroxyl groups excluding tert-OH is 1. The van der Waals surface area contributed by atoms with Gasteiger partial charge in [0.15, 0.2) is 0 Å². The van der Waals surface area contributed by atoms with Crippen LogP contribution in [0.5, 0.6) is 0 Å². The van der Waals surface area contributed by atoms with Gasteiger partial charge in [0, 0.05) is 24.1 Å². The highest BCUT2D eigenvalue weighted by Crippen LogP contribution is 2.43. The predicted molar refractivity (Wildman–Crippen MR) is 95.0 cm³/mol. The predicted octanol–water partition coefficient (Wildman–Crippen LogP) is 2.05. The SMILES string of the molecule is O=C(c1cc(C2CC2)[nH]n1)N1C[C@@H](O)[C@@]2(C[C@H](c3ccccc3)CO2)C1. The Kier molecular flexibility index (Phi) is 3.65. The second-order valence-electron chi connectivity index (χ2n) is 7.87. The van der Waals surface area contributed by atoms with E-state index in [-0.39, 0.29) is 11.8 Å². The van der Waals surface area contributed by atoms with E-state index in [1.165, 1.54) is 5.56 Å². The first-order chi connectivity index (χ1) is 12.6. The fourth-order valence-electron chi connectivity index (χ4n) is 4.32. The summed E-state index contributed by atoms with van der Waals surface area (Å²) in [6.07, 6.45) is 2.39. The summed E-state index contributed by atoms with van der Waals surface area (Å²) in [5.41, 5.74) is 2.05. The molecule has 3 aliphatic rings. The summed E-state index contributed by atoms with van der Waals surface area (Å²) in [7, 11) is 0. The number of β-amino-alcohol motifs (C(OH)–C–C–N with tert-alkyl or cyclic N) is 1. The number of aliphatic hydroxyl groups is 1. The van der Waals surface area contributed by atoms with E-state index in [0.29, 0.717) is 31.3 Å². The molecule has 0 bridgehead atoms. The van der Waals surface area contributed by atoms with Crippen molar-refractivity contribution in [3.8, 4) is 0 Å². The zero-order valence-electron chi connectivity index (χ0n) is 14.6. The Labute approximate surface area is 152 Å². The Morgan fingerprint density at radius 2 is 2.08 bits per heavy atom. The molecule has 1 saturated carbocycles. The lowest BCUT2D eigenvalue weighted by Gasteiger charge is -2.25. The van der Waals surface area contributed by atoms with Gasteiger partial charge in [0.05, 0.1) is 13.2 Å². The summed E-state index contributed by atoms with van der Waals surface area (Å²) < 4.78 is 6.08. The molecule has 1 aromatic heterocycles. The molecule has 6 nitrogen and oxygen atoms in total. The van der Waals surface area contributed by atoms with Crippen LogP contribution in [-0.2, 0) is 4.74 Å². The molecule has 1 spiro atoms. The topological polar surface area (TPSA) is 78.5 Å². The van der Waals surface area contributed by atoms with Crippen LogP contribution in [0, 0.1) is 0 Å². The van der Waals surface area contributed by atoms with E-state index in [4.69, 9.17) is 4.74 Å². The van der Waals surface area contributed by atoms with Gasteiger partial charge < -0.3 is 14.7 Å². The number of hydrogen-bond donors (Lipinski definition) is 2. The van der Waals surface area contributed by atoms with Crippen molar-refractivity contribution in [2.45, 2.75) is 42.8 Å². The molecule has 2 N–H and O–H groups in total. The standard InChI is InChI=1S/C20H23N3O3/c24-18-10-23(19(25)17-8-16(21-22-17)14-6-7-14)12-20(18)9-15(11-26-20)13-4-2-1-3-5-13/h1-5,8,14-15,18,24H,6-7,9-12H2,(H,21,22)/t15-,18+,20+/m0/s1. The number of carbonyl (C=O) groups is 1. The van der Waals surface area contributed by atoms with Gasteiger partial charge in [-0.2, -0.15) is 5.10 Å². The fourth-order valence-corrected chi connectivity index (χ4v) is 4.32. The number of carbonyl (C=O) groups excluding carboxylic acids is 1. The molecule has 0 radical (unpaired) electrons. The average molecular weight is 353 g/mol. The van der Waals surface area contributed by atoms with Crippen LogP contribution in [0.4, 0.5) is 0 Å². The zero-order valence-corrected chi connectivity index (χ0v) is 14.6. The number of nitrogens with zero attached hydrogens (tertiary/aromatic N) is 2. The second-order valence-corrected chi connectivity index (χ2v) is 7.87. The Bertz CT molecular complexity index is 817. The van der Waals surface area contributed by atoms with Crippen molar-refractivity contribution in [2.24, 2.45) is 0 Å². The number of nitrogens with one attached hydrogen (secondary N) is 1. The first-order valence-corrected chi connectivity index (χ1v) is 9.36. The van der Waals surface area contributed by atoms with Crippen molar-refractivity contribution in [3.05, 3.63) is 53.3 Å². The van der Waals surface area contributed by atoms with Crippen LogP contribution >= 0.6 is 0 Å². The minimum absolute atomic E-state index is 0.129. The van der Waals surface area contributed by atoms with E-state index in [1.54, 1.807) is 4.90 Å². The number of rotatable bonds is 3. The molecule has 0 unspecified atom stereocenters. The van der Waals surface area contributed by atoms with E-state index >= 15 is 0 Å². The van der Waals surface area contributed by atoms with E-state index in [0.717, 1.165) is 25.0 Å². The van der Waals surface area contributed by atoms with E-state index in [9.17, 15) is 9.90 Å². The summed E-state index contributed by atoms with van der Waals surface area (Å²) in [4.78, 5) is 14.5. The van der Waals surface area contributed by atoms with E-state index < -0.39 is 11.7 Å². The van der Waals surface area contributed by atoms with Crippen LogP contribution in [0.3, 0.4) is 0 Å². The molecule has 1 aromatic carbocycles. The second kappa shape index (κ2) is 5.93. The molecule has 3 fully saturated rings. The van der Waals surface area contributed by atoms with Gasteiger partial charge in [-0.15, -0.1) is 0 Å². The molecule has 6 heteroatoms. The maximum Gasteiger partial charge on any atom is 0.274 e. The maximum absolute atomic E-state index is 12.8. The summed E-state index contributed by atoms with van der Waals surface area (Å²) in [5, 5.41) is 17.8. The third kappa shape index (κ3) is 2.64. The highest BCUT2D eigenvalue weighted by Gasteiger charge is 2.53. The molecular formula is C20H23N3O3. The third-order valence-corrected chi connectivity index (χ3v) is 6.02. The van der Waals surface area contributed by atoms with Crippen LogP contribution in [0.25, 0.3) is 0 Å². The Morgan fingerprint density at radius 1 is 1.27 bits per heavy atom. The lowest BCUT2D eigenvalue weighted by atomic mass is 9.87. The number of ether oxygens (including phenoxy) is 1. The van der Waals surface area contributed by atoms with Gasteiger partial charge in [-0.3, -0.25) is 9.89 Å². The monoisotopic (exact) mass is 353 g/mol. The van der Waals surface area contributed by atoms with Crippen LogP contribution in [0.15, 0.2) is 36.4 Å². The largest absolute Gasteiger partial charge is 0.388 e. The number of likely N-dealkylation sites (tertiary alicyclic amines) is 1. The van der Waals surface area contributed by atoms with Gasteiger partial charge in [0.25, 0.3) is 5.91 Å². The molecule has 2 aromatic rings. The van der Waals surface area contributed by atoms with Crippen molar-refractivity contribution in [2.75, 3.05) is 19.7 Å². The molecular weight excluding hydrogens is 330 g/mol. The molecule has 5 rings (SSSR count). The van der Waals surface area contributed by atoms with Crippen LogP contribution < -0.4 is 0 Å². The molecule has 3 atom stereocenters. The number of hydrogen-bond acceptors (Lipinski definition) is 4. The normalized spacial score (nSPS) is 31.0. The minimum atomic E-state index is -0.665. The third-order valence-electron chi connectivity index (χ3n) is 6.02. The number of benzene rings is 1. The minimum Gasteiger partial charge on any atom is -0.388 e. The van der Waals surface area contributed by atoms with E-state index in [1.807, 2.05) is 24.3 Å². The van der Waals surface area contributed by atoms with Crippen LogP contribution in [0.1, 0.15) is 52.8 Å². The lowest BCUT2D eigenvalue weighted by molar-refractivity contribution is -0.0591. The zero-order chi connectivity index (χ0) is 17.7. The van der Waals surface area contributed by atoms with Crippen molar-refractivity contribution >= 4 is 5.91 Å². The summed E-state index contributed by atoms with van der Waals surface area (Å²) in [5.74, 6) is 0.660. The lowest BCUT2D eigenvalue weighted by Crippen LogP contribution is -2.41. The number of aromatic nitrogens is 2. The summed E-state index contributed by atoms with van der Waals surface area (Å²) in [6.45, 7) is 1.30. The molecule has 3 heterocycles. The van der Waals surface area contributed by atoms with Crippen LogP contribution in [-0.4, -0.2) is 57.5 Å².